The quantitative estimate of drug-likeness (QED) is 0.743. The summed E-state index contributed by atoms with van der Waals surface area (Å²) in [5, 5.41) is 9.20. The molecule has 0 saturated carbocycles. The van der Waals surface area contributed by atoms with Crippen molar-refractivity contribution in [3.05, 3.63) is 0 Å². The molecule has 0 aromatic rings. The predicted octanol–water partition coefficient (Wildman–Crippen LogP) is 0.00640. The summed E-state index contributed by atoms with van der Waals surface area (Å²) in [7, 11) is 1.73. The molecule has 104 valence electrons. The molecule has 3 amide bonds. The molecule has 0 radical (unpaired) electrons. The minimum atomic E-state index is -0.459. The van der Waals surface area contributed by atoms with Gasteiger partial charge in [-0.1, -0.05) is 0 Å². The molecule has 1 saturated heterocycles. The van der Waals surface area contributed by atoms with Crippen LogP contribution >= 0.6 is 0 Å². The molecule has 1 aliphatic rings. The Morgan fingerprint density at radius 1 is 1.56 bits per heavy atom. The third kappa shape index (κ3) is 4.18. The molecule has 1 rings (SSSR count). The van der Waals surface area contributed by atoms with Gasteiger partial charge in [0, 0.05) is 26.7 Å². The van der Waals surface area contributed by atoms with Crippen LogP contribution in [0.25, 0.3) is 0 Å². The van der Waals surface area contributed by atoms with Crippen LogP contribution < -0.4 is 5.73 Å². The van der Waals surface area contributed by atoms with Crippen molar-refractivity contribution in [2.45, 2.75) is 32.3 Å². The van der Waals surface area contributed by atoms with Gasteiger partial charge < -0.3 is 20.6 Å². The maximum Gasteiger partial charge on any atom is 0.314 e. The summed E-state index contributed by atoms with van der Waals surface area (Å²) < 4.78 is 0. The molecule has 0 aliphatic carbocycles. The number of carbonyl (C=O) groups excluding carboxylic acids is 2. The number of urea groups is 1. The number of likely N-dealkylation sites (tertiary alicyclic amines) is 1. The Labute approximate surface area is 108 Å². The molecule has 0 aromatic heterocycles. The van der Waals surface area contributed by atoms with Crippen LogP contribution in [0.15, 0.2) is 0 Å². The Morgan fingerprint density at radius 3 is 2.78 bits per heavy atom. The highest BCUT2D eigenvalue weighted by atomic mass is 16.3. The van der Waals surface area contributed by atoms with Crippen LogP contribution in [0.2, 0.25) is 0 Å². The second-order valence-corrected chi connectivity index (χ2v) is 5.02. The van der Waals surface area contributed by atoms with Crippen LogP contribution in [0.1, 0.15) is 26.2 Å². The van der Waals surface area contributed by atoms with Gasteiger partial charge in [-0.05, 0) is 26.2 Å². The second kappa shape index (κ2) is 6.58. The average Bonchev–Trinajstić information content (AvgIpc) is 2.35. The Hall–Kier alpha value is -1.30. The summed E-state index contributed by atoms with van der Waals surface area (Å²) in [5.41, 5.74) is 5.23. The summed E-state index contributed by atoms with van der Waals surface area (Å²) in [6.07, 6.45) is 1.76. The summed E-state index contributed by atoms with van der Waals surface area (Å²) in [6.45, 7) is 3.28. The smallest absolute Gasteiger partial charge is 0.314 e. The summed E-state index contributed by atoms with van der Waals surface area (Å²) >= 11 is 0. The first-order valence-corrected chi connectivity index (χ1v) is 6.39. The molecule has 2 atom stereocenters. The lowest BCUT2D eigenvalue weighted by Gasteiger charge is -2.33. The second-order valence-electron chi connectivity index (χ2n) is 5.02. The van der Waals surface area contributed by atoms with E-state index in [9.17, 15) is 14.7 Å². The Bertz CT molecular complexity index is 307. The predicted molar refractivity (Wildman–Crippen MR) is 67.8 cm³/mol. The van der Waals surface area contributed by atoms with Crippen LogP contribution in [-0.4, -0.2) is 59.6 Å². The number of rotatable bonds is 4. The Kier molecular flexibility index (Phi) is 5.40. The van der Waals surface area contributed by atoms with E-state index in [1.54, 1.807) is 18.9 Å². The van der Waals surface area contributed by atoms with E-state index in [1.807, 2.05) is 0 Å². The molecule has 1 heterocycles. The van der Waals surface area contributed by atoms with Crippen molar-refractivity contribution in [3.8, 4) is 0 Å². The molecule has 0 spiro atoms. The van der Waals surface area contributed by atoms with Crippen molar-refractivity contribution in [2.24, 2.45) is 11.7 Å². The molecule has 6 heteroatoms. The zero-order valence-electron chi connectivity index (χ0n) is 11.1. The number of primary amides is 1. The van der Waals surface area contributed by atoms with Crippen molar-refractivity contribution in [1.29, 1.82) is 0 Å². The fourth-order valence-corrected chi connectivity index (χ4v) is 2.18. The van der Waals surface area contributed by atoms with Gasteiger partial charge in [0.15, 0.2) is 0 Å². The van der Waals surface area contributed by atoms with E-state index in [1.165, 1.54) is 4.90 Å². The van der Waals surface area contributed by atoms with E-state index < -0.39 is 12.1 Å². The van der Waals surface area contributed by atoms with Crippen molar-refractivity contribution >= 4 is 11.9 Å². The highest BCUT2D eigenvalue weighted by Gasteiger charge is 2.29. The lowest BCUT2D eigenvalue weighted by Crippen LogP contribution is -2.47. The summed E-state index contributed by atoms with van der Waals surface area (Å²) in [4.78, 5) is 26.4. The molecule has 1 aliphatic heterocycles. The standard InChI is InChI=1S/C12H23N3O3/c1-9(16)5-7-14(2)11(17)10-4-3-6-15(8-10)12(13)18/h9-10,16H,3-8H2,1-2H3,(H2,13,18). The lowest BCUT2D eigenvalue weighted by molar-refractivity contribution is -0.135. The zero-order chi connectivity index (χ0) is 13.7. The number of nitrogens with zero attached hydrogens (tertiary/aromatic N) is 2. The number of piperidine rings is 1. The van der Waals surface area contributed by atoms with Gasteiger partial charge in [0.1, 0.15) is 0 Å². The van der Waals surface area contributed by atoms with E-state index in [0.29, 0.717) is 26.1 Å². The van der Waals surface area contributed by atoms with E-state index in [0.717, 1.165) is 12.8 Å². The maximum atomic E-state index is 12.1. The van der Waals surface area contributed by atoms with E-state index in [4.69, 9.17) is 5.73 Å². The SMILES string of the molecule is CC(O)CCN(C)C(=O)C1CCCN(C(N)=O)C1. The molecule has 18 heavy (non-hydrogen) atoms. The molecule has 1 fully saturated rings. The van der Waals surface area contributed by atoms with E-state index in [2.05, 4.69) is 0 Å². The fraction of sp³-hybridized carbons (Fsp3) is 0.833. The number of hydrogen-bond acceptors (Lipinski definition) is 3. The first kappa shape index (κ1) is 14.8. The molecule has 2 unspecified atom stereocenters. The third-order valence-corrected chi connectivity index (χ3v) is 3.34. The van der Waals surface area contributed by atoms with Crippen LogP contribution in [0.3, 0.4) is 0 Å². The van der Waals surface area contributed by atoms with Gasteiger partial charge in [-0.2, -0.15) is 0 Å². The number of amides is 3. The average molecular weight is 257 g/mol. The van der Waals surface area contributed by atoms with Crippen LogP contribution in [-0.2, 0) is 4.79 Å². The Balaban J connectivity index is 2.47. The highest BCUT2D eigenvalue weighted by molar-refractivity contribution is 5.80. The zero-order valence-corrected chi connectivity index (χ0v) is 11.1. The Morgan fingerprint density at radius 2 is 2.22 bits per heavy atom. The van der Waals surface area contributed by atoms with Crippen LogP contribution in [0, 0.1) is 5.92 Å². The van der Waals surface area contributed by atoms with Gasteiger partial charge in [-0.25, -0.2) is 4.79 Å². The van der Waals surface area contributed by atoms with Gasteiger partial charge in [-0.15, -0.1) is 0 Å². The molecule has 0 aromatic carbocycles. The fourth-order valence-electron chi connectivity index (χ4n) is 2.18. The third-order valence-electron chi connectivity index (χ3n) is 3.34. The number of aliphatic hydroxyl groups excluding tert-OH is 1. The number of hydrogen-bond donors (Lipinski definition) is 2. The number of nitrogens with two attached hydrogens (primary N) is 1. The van der Waals surface area contributed by atoms with E-state index in [-0.39, 0.29) is 11.8 Å². The molecular formula is C12H23N3O3. The molecule has 0 bridgehead atoms. The van der Waals surface area contributed by atoms with Crippen LogP contribution in [0.5, 0.6) is 0 Å². The van der Waals surface area contributed by atoms with Crippen molar-refractivity contribution < 1.29 is 14.7 Å². The number of carbonyl (C=O) groups is 2. The van der Waals surface area contributed by atoms with Gasteiger partial charge in [0.05, 0.1) is 12.0 Å². The lowest BCUT2D eigenvalue weighted by atomic mass is 9.97. The van der Waals surface area contributed by atoms with Gasteiger partial charge in [0.25, 0.3) is 0 Å². The monoisotopic (exact) mass is 257 g/mol. The minimum Gasteiger partial charge on any atom is -0.393 e. The van der Waals surface area contributed by atoms with E-state index >= 15 is 0 Å². The first-order valence-electron chi connectivity index (χ1n) is 6.39. The normalized spacial score (nSPS) is 21.5. The number of aliphatic hydroxyl groups is 1. The topological polar surface area (TPSA) is 86.9 Å². The maximum absolute atomic E-state index is 12.1. The van der Waals surface area contributed by atoms with Gasteiger partial charge in [0.2, 0.25) is 5.91 Å². The van der Waals surface area contributed by atoms with Crippen molar-refractivity contribution in [3.63, 3.8) is 0 Å². The summed E-state index contributed by atoms with van der Waals surface area (Å²) in [5.74, 6) is -0.133. The highest BCUT2D eigenvalue weighted by Crippen LogP contribution is 2.18. The molecular weight excluding hydrogens is 234 g/mol. The molecule has 6 nitrogen and oxygen atoms in total. The largest absolute Gasteiger partial charge is 0.393 e. The summed E-state index contributed by atoms with van der Waals surface area (Å²) in [6, 6.07) is -0.459. The molecule has 3 N–H and O–H groups in total. The van der Waals surface area contributed by atoms with Crippen LogP contribution in [0.4, 0.5) is 4.79 Å². The van der Waals surface area contributed by atoms with Crippen molar-refractivity contribution in [1.82, 2.24) is 9.80 Å². The van der Waals surface area contributed by atoms with Gasteiger partial charge >= 0.3 is 6.03 Å². The van der Waals surface area contributed by atoms with Crippen molar-refractivity contribution in [2.75, 3.05) is 26.7 Å². The first-order chi connectivity index (χ1) is 8.41. The van der Waals surface area contributed by atoms with Gasteiger partial charge in [-0.3, -0.25) is 4.79 Å². The minimum absolute atomic E-state index is 0.0293.